The van der Waals surface area contributed by atoms with E-state index in [1.54, 1.807) is 36.0 Å². The van der Waals surface area contributed by atoms with E-state index in [1.807, 2.05) is 106 Å². The lowest BCUT2D eigenvalue weighted by Crippen LogP contribution is -2.52. The highest BCUT2D eigenvalue weighted by Gasteiger charge is 2.48. The predicted molar refractivity (Wildman–Crippen MR) is 198 cm³/mol. The summed E-state index contributed by atoms with van der Waals surface area (Å²) in [6.07, 6.45) is 10.8. The van der Waals surface area contributed by atoms with Gasteiger partial charge >= 0.3 is 0 Å². The minimum Gasteiger partial charge on any atom is -0.436 e. The topological polar surface area (TPSA) is 119 Å². The van der Waals surface area contributed by atoms with Gasteiger partial charge in [-0.3, -0.25) is 19.6 Å². The van der Waals surface area contributed by atoms with Crippen LogP contribution < -0.4 is 9.80 Å². The van der Waals surface area contributed by atoms with Gasteiger partial charge in [0.25, 0.3) is 0 Å². The van der Waals surface area contributed by atoms with Crippen LogP contribution in [-0.2, 0) is 25.2 Å². The molecule has 1 fully saturated rings. The third kappa shape index (κ3) is 5.39. The summed E-state index contributed by atoms with van der Waals surface area (Å²) in [6.45, 7) is 11.0. The normalized spacial score (nSPS) is 17.0. The Bertz CT molecular complexity index is 2320. The van der Waals surface area contributed by atoms with Gasteiger partial charge in [0.2, 0.25) is 17.7 Å². The molecule has 6 aromatic rings. The molecule has 0 radical (unpaired) electrons. The van der Waals surface area contributed by atoms with Gasteiger partial charge in [0.15, 0.2) is 5.76 Å². The summed E-state index contributed by atoms with van der Waals surface area (Å²) < 4.78 is 13.3. The highest BCUT2D eigenvalue weighted by Crippen LogP contribution is 2.45. The highest BCUT2D eigenvalue weighted by molar-refractivity contribution is 6.09. The van der Waals surface area contributed by atoms with Gasteiger partial charge in [-0.1, -0.05) is 18.2 Å². The van der Waals surface area contributed by atoms with Crippen molar-refractivity contribution in [3.05, 3.63) is 115 Å². The van der Waals surface area contributed by atoms with Crippen LogP contribution in [0, 0.1) is 6.92 Å². The number of ether oxygens (including phenoxy) is 1. The quantitative estimate of drug-likeness (QED) is 0.191. The molecule has 0 bridgehead atoms. The number of rotatable bonds is 5. The Morgan fingerprint density at radius 2 is 1.46 bits per heavy atom. The van der Waals surface area contributed by atoms with Crippen molar-refractivity contribution in [1.29, 1.82) is 0 Å². The Labute approximate surface area is 301 Å². The summed E-state index contributed by atoms with van der Waals surface area (Å²) in [5, 5.41) is 0. The number of pyridine rings is 2. The van der Waals surface area contributed by atoms with Gasteiger partial charge in [0, 0.05) is 60.5 Å². The average molecular weight is 694 g/mol. The number of carbonyl (C=O) groups excluding carboxylic acids is 2. The second-order valence-corrected chi connectivity index (χ2v) is 14.5. The molecule has 0 saturated carbocycles. The lowest BCUT2D eigenvalue weighted by Gasteiger charge is -2.35. The first kappa shape index (κ1) is 33.2. The third-order valence-electron chi connectivity index (χ3n) is 10.3. The summed E-state index contributed by atoms with van der Waals surface area (Å²) >= 11 is 0. The average Bonchev–Trinajstić information content (AvgIpc) is 3.87. The first-order valence-electron chi connectivity index (χ1n) is 17.3. The molecular weight excluding hydrogens is 654 g/mol. The monoisotopic (exact) mass is 693 g/mol. The number of likely N-dealkylation sites (N-methyl/N-ethyl adjacent to an activating group) is 1. The second kappa shape index (κ2) is 12.4. The van der Waals surface area contributed by atoms with Crippen molar-refractivity contribution >= 4 is 23.2 Å². The molecule has 0 aliphatic carbocycles. The minimum absolute atomic E-state index is 0.102. The van der Waals surface area contributed by atoms with Gasteiger partial charge in [-0.05, 0) is 88.2 Å². The molecule has 0 N–H and O–H groups in total. The fourth-order valence-corrected chi connectivity index (χ4v) is 7.20. The summed E-state index contributed by atoms with van der Waals surface area (Å²) in [7, 11) is 1.81. The maximum absolute atomic E-state index is 13.0. The molecule has 4 aromatic heterocycles. The number of fused-ring (bicyclic) bond motifs is 2. The van der Waals surface area contributed by atoms with E-state index in [-0.39, 0.29) is 17.9 Å². The fraction of sp³-hybridized carbons (Fsp3) is 0.268. The first-order chi connectivity index (χ1) is 24.9. The first-order valence-corrected chi connectivity index (χ1v) is 17.3. The Morgan fingerprint density at radius 3 is 2.13 bits per heavy atom. The molecule has 0 atom stereocenters. The van der Waals surface area contributed by atoms with E-state index in [9.17, 15) is 9.59 Å². The number of hydrogen-bond acceptors (Lipinski definition) is 8. The van der Waals surface area contributed by atoms with Crippen molar-refractivity contribution in [3.63, 3.8) is 0 Å². The van der Waals surface area contributed by atoms with E-state index < -0.39 is 10.8 Å². The van der Waals surface area contributed by atoms with Gasteiger partial charge in [0.1, 0.15) is 0 Å². The molecule has 2 amide bonds. The molecule has 7 heterocycles. The van der Waals surface area contributed by atoms with E-state index in [4.69, 9.17) is 9.15 Å². The van der Waals surface area contributed by atoms with Crippen LogP contribution in [0.25, 0.3) is 39.7 Å². The molecule has 52 heavy (non-hydrogen) atoms. The summed E-state index contributed by atoms with van der Waals surface area (Å²) in [5.74, 6) is 1.51. The molecule has 0 spiro atoms. The van der Waals surface area contributed by atoms with Crippen molar-refractivity contribution in [2.75, 3.05) is 30.1 Å². The maximum atomic E-state index is 13.0. The maximum Gasteiger partial charge on any atom is 0.237 e. The minimum atomic E-state index is -0.515. The zero-order chi connectivity index (χ0) is 36.4. The fourth-order valence-electron chi connectivity index (χ4n) is 7.20. The highest BCUT2D eigenvalue weighted by atomic mass is 16.5. The molecule has 0 unspecified atom stereocenters. The van der Waals surface area contributed by atoms with Crippen LogP contribution in [0.4, 0.5) is 11.4 Å². The van der Waals surface area contributed by atoms with Crippen LogP contribution in [0.15, 0.2) is 102 Å². The van der Waals surface area contributed by atoms with Gasteiger partial charge in [-0.2, -0.15) is 0 Å². The number of benzene rings is 2. The van der Waals surface area contributed by atoms with Crippen LogP contribution in [0.1, 0.15) is 44.5 Å². The van der Waals surface area contributed by atoms with E-state index in [1.165, 1.54) is 0 Å². The van der Waals surface area contributed by atoms with Crippen LogP contribution in [0.2, 0.25) is 0 Å². The van der Waals surface area contributed by atoms with Gasteiger partial charge < -0.3 is 23.5 Å². The van der Waals surface area contributed by atoms with Crippen LogP contribution in [-0.4, -0.2) is 62.6 Å². The van der Waals surface area contributed by atoms with E-state index >= 15 is 0 Å². The molecule has 262 valence electrons. The molecule has 3 aliphatic heterocycles. The number of anilines is 2. The molecule has 3 aliphatic rings. The Hall–Kier alpha value is -5.94. The Kier molecular flexibility index (Phi) is 7.91. The zero-order valence-electron chi connectivity index (χ0n) is 30.0. The largest absolute Gasteiger partial charge is 0.436 e. The molecule has 11 nitrogen and oxygen atoms in total. The van der Waals surface area contributed by atoms with Crippen molar-refractivity contribution < 1.29 is 18.7 Å². The summed E-state index contributed by atoms with van der Waals surface area (Å²) in [5.41, 5.74) is 8.37. The van der Waals surface area contributed by atoms with Crippen molar-refractivity contribution in [1.82, 2.24) is 24.5 Å². The SMILES string of the molecule is CC1(C)C(=O)N(C2COC2)c2cc(-n3cnc(-c4cccnc4)c3)ccc21.Cc1nc(-c2cccnc2)oc1-c1ccc2c(c1)N(C)C(=O)C2(C)C. The summed E-state index contributed by atoms with van der Waals surface area (Å²) in [4.78, 5) is 46.4. The van der Waals surface area contributed by atoms with Crippen molar-refractivity contribution in [3.8, 4) is 39.7 Å². The lowest BCUT2D eigenvalue weighted by atomic mass is 9.86. The van der Waals surface area contributed by atoms with Crippen molar-refractivity contribution in [2.45, 2.75) is 51.5 Å². The molecular formula is C41H39N7O4. The lowest BCUT2D eigenvalue weighted by molar-refractivity contribution is -0.124. The molecule has 2 aromatic carbocycles. The smallest absolute Gasteiger partial charge is 0.237 e. The van der Waals surface area contributed by atoms with Crippen LogP contribution in [0.3, 0.4) is 0 Å². The van der Waals surface area contributed by atoms with Gasteiger partial charge in [-0.15, -0.1) is 0 Å². The third-order valence-corrected chi connectivity index (χ3v) is 10.3. The molecule has 9 rings (SSSR count). The van der Waals surface area contributed by atoms with Gasteiger partial charge in [-0.25, -0.2) is 9.97 Å². The van der Waals surface area contributed by atoms with E-state index in [0.717, 1.165) is 56.3 Å². The molecule has 1 saturated heterocycles. The van der Waals surface area contributed by atoms with E-state index in [2.05, 4.69) is 32.1 Å². The standard InChI is InChI=1S/C21H20N4O2.C20H19N3O2/c1-21(2)17-6-5-15(8-19(17)25(20(21)26)16-11-27-12-16)24-10-18(23-13-24)14-4-3-7-22-9-14;1-12-17(25-18(22-12)14-6-5-9-21-11-14)13-7-8-15-16(10-13)23(4)19(24)20(15,2)3/h3-10,13,16H,11-12H2,1-2H3;5-11H,1-4H3. The number of aryl methyl sites for hydroxylation is 1. The van der Waals surface area contributed by atoms with E-state index in [0.29, 0.717) is 24.9 Å². The van der Waals surface area contributed by atoms with Crippen LogP contribution in [0.5, 0.6) is 0 Å². The predicted octanol–water partition coefficient (Wildman–Crippen LogP) is 6.92. The summed E-state index contributed by atoms with van der Waals surface area (Å²) in [6, 6.07) is 20.0. The molecule has 11 heteroatoms. The Balaban J connectivity index is 0.000000149. The zero-order valence-corrected chi connectivity index (χ0v) is 30.0. The van der Waals surface area contributed by atoms with Crippen LogP contribution >= 0.6 is 0 Å². The number of nitrogens with zero attached hydrogens (tertiary/aromatic N) is 7. The number of oxazole rings is 1. The second-order valence-electron chi connectivity index (χ2n) is 14.5. The number of imidazole rings is 1. The van der Waals surface area contributed by atoms with Crippen molar-refractivity contribution in [2.24, 2.45) is 0 Å². The van der Waals surface area contributed by atoms with Gasteiger partial charge in [0.05, 0.1) is 59.1 Å². The number of hydrogen-bond donors (Lipinski definition) is 0. The Morgan fingerprint density at radius 1 is 0.788 bits per heavy atom. The number of amides is 2. The number of aromatic nitrogens is 5. The number of carbonyl (C=O) groups is 2.